The van der Waals surface area contributed by atoms with E-state index in [0.29, 0.717) is 39.8 Å². The van der Waals surface area contributed by atoms with Gasteiger partial charge in [-0.05, 0) is 87.2 Å². The first-order valence-corrected chi connectivity index (χ1v) is 17.0. The molecule has 7 nitrogen and oxygen atoms in total. The number of carbonyl (C=O) groups excluding carboxylic acids is 1. The summed E-state index contributed by atoms with van der Waals surface area (Å²) in [6.45, 7) is 14.0. The highest BCUT2D eigenvalue weighted by molar-refractivity contribution is 6.31. The number of nitrogens with one attached hydrogen (secondary N) is 1. The number of nitrogens with zero attached hydrogens (tertiary/aromatic N) is 4. The lowest BCUT2D eigenvalue weighted by Crippen LogP contribution is -2.74. The lowest BCUT2D eigenvalue weighted by Gasteiger charge is -2.65. The van der Waals surface area contributed by atoms with Crippen LogP contribution >= 0.6 is 11.6 Å². The van der Waals surface area contributed by atoms with Crippen LogP contribution in [-0.4, -0.2) is 65.1 Å². The van der Waals surface area contributed by atoms with E-state index in [1.54, 1.807) is 18.2 Å². The number of pyridine rings is 1. The first-order chi connectivity index (χ1) is 21.5. The first-order valence-electron chi connectivity index (χ1n) is 16.6. The molecule has 0 unspecified atom stereocenters. The quantitative estimate of drug-likeness (QED) is 0.417. The molecule has 2 aliphatic carbocycles. The minimum Gasteiger partial charge on any atom is -0.489 e. The number of amides is 1. The Hall–Kier alpha value is -3.10. The molecule has 0 radical (unpaired) electrons. The zero-order chi connectivity index (χ0) is 31.6. The molecule has 5 aliphatic rings. The van der Waals surface area contributed by atoms with E-state index >= 15 is 0 Å². The summed E-state index contributed by atoms with van der Waals surface area (Å²) in [6, 6.07) is 11.8. The summed E-state index contributed by atoms with van der Waals surface area (Å²) >= 11 is 6.27. The maximum Gasteiger partial charge on any atom is 0.256 e. The molecule has 1 N–H and O–H groups in total. The highest BCUT2D eigenvalue weighted by Gasteiger charge is 2.67. The molecule has 4 heterocycles. The molecule has 236 valence electrons. The summed E-state index contributed by atoms with van der Waals surface area (Å²) in [5.41, 5.74) is 2.65. The second kappa shape index (κ2) is 11.3. The van der Waals surface area contributed by atoms with Crippen molar-refractivity contribution in [3.63, 3.8) is 0 Å². The molecular formula is C37H44ClN5O2. The van der Waals surface area contributed by atoms with E-state index in [9.17, 15) is 10.1 Å². The van der Waals surface area contributed by atoms with Gasteiger partial charge in [0, 0.05) is 48.0 Å². The fourth-order valence-corrected chi connectivity index (χ4v) is 9.66. The molecular weight excluding hydrogens is 582 g/mol. The van der Waals surface area contributed by atoms with Gasteiger partial charge in [0.05, 0.1) is 28.4 Å². The molecule has 8 heteroatoms. The molecule has 7 rings (SSSR count). The second-order valence-corrected chi connectivity index (χ2v) is 15.7. The zero-order valence-corrected chi connectivity index (χ0v) is 27.7. The van der Waals surface area contributed by atoms with Gasteiger partial charge in [0.25, 0.3) is 5.91 Å². The van der Waals surface area contributed by atoms with E-state index in [2.05, 4.69) is 55.8 Å². The third kappa shape index (κ3) is 5.32. The Morgan fingerprint density at radius 2 is 1.73 bits per heavy atom. The van der Waals surface area contributed by atoms with Gasteiger partial charge in [-0.1, -0.05) is 45.2 Å². The van der Waals surface area contributed by atoms with Crippen molar-refractivity contribution in [3.05, 3.63) is 57.9 Å². The van der Waals surface area contributed by atoms with Crippen LogP contribution in [0.1, 0.15) is 93.5 Å². The van der Waals surface area contributed by atoms with Crippen LogP contribution < -0.4 is 10.1 Å². The predicted octanol–water partition coefficient (Wildman–Crippen LogP) is 6.04. The number of likely N-dealkylation sites (tertiary alicyclic amines) is 1. The standard InChI is InChI=1S/C37H44ClN5O2/c1-35(2)33(36(3,4)34(35)45-28-13-8-25(20-39)30(38)19-28)43-21-31-29(32(43)44)14-10-26(41-31)9-5-24-6-11-27(12-7-24)42-17-15-37(16-18-42)22-40-23-37/h8,10,13-14,19,24,27,33-34,40H,6-7,11-12,15-18,21-23H2,1-4H3/t24?,27?,33-,34-. The number of fused-ring (bicyclic) bond motifs is 1. The van der Waals surface area contributed by atoms with Crippen LogP contribution in [0.5, 0.6) is 5.75 Å². The average Bonchev–Trinajstić information content (AvgIpc) is 3.32. The van der Waals surface area contributed by atoms with Gasteiger partial charge in [-0.15, -0.1) is 0 Å². The Bertz CT molecular complexity index is 1580. The van der Waals surface area contributed by atoms with E-state index in [1.807, 2.05) is 17.0 Å². The number of halogens is 1. The SMILES string of the molecule is CC1(C)[C@H](Oc2ccc(C#N)c(Cl)c2)C(C)(C)[C@H]1N1Cc2nc(C#CC3CCC(N4CCC5(CC4)CNC5)CC3)ccc2C1=O. The van der Waals surface area contributed by atoms with E-state index in [0.717, 1.165) is 30.3 Å². The van der Waals surface area contributed by atoms with Crippen molar-refractivity contribution in [1.82, 2.24) is 20.1 Å². The van der Waals surface area contributed by atoms with Crippen molar-refractivity contribution in [3.8, 4) is 23.7 Å². The molecule has 1 aromatic heterocycles. The molecule has 1 amide bonds. The van der Waals surface area contributed by atoms with Crippen LogP contribution in [-0.2, 0) is 6.54 Å². The summed E-state index contributed by atoms with van der Waals surface area (Å²) in [4.78, 5) is 23.3. The number of rotatable bonds is 4. The van der Waals surface area contributed by atoms with E-state index in [4.69, 9.17) is 21.3 Å². The first kappa shape index (κ1) is 30.5. The van der Waals surface area contributed by atoms with Crippen molar-refractivity contribution in [2.24, 2.45) is 22.2 Å². The van der Waals surface area contributed by atoms with Crippen molar-refractivity contribution in [1.29, 1.82) is 5.26 Å². The zero-order valence-electron chi connectivity index (χ0n) is 27.0. The normalized spacial score (nSPS) is 29.5. The molecule has 2 aromatic rings. The summed E-state index contributed by atoms with van der Waals surface area (Å²) in [5.74, 6) is 7.98. The van der Waals surface area contributed by atoms with Gasteiger partial charge in [-0.3, -0.25) is 4.79 Å². The number of piperidine rings is 1. The van der Waals surface area contributed by atoms with Gasteiger partial charge in [0.15, 0.2) is 0 Å². The molecule has 1 aromatic carbocycles. The number of hydrogen-bond acceptors (Lipinski definition) is 6. The Morgan fingerprint density at radius 3 is 2.36 bits per heavy atom. The molecule has 4 fully saturated rings. The minimum atomic E-state index is -0.312. The summed E-state index contributed by atoms with van der Waals surface area (Å²) in [6.07, 6.45) is 7.34. The Morgan fingerprint density at radius 1 is 1.02 bits per heavy atom. The van der Waals surface area contributed by atoms with Crippen LogP contribution in [0.25, 0.3) is 0 Å². The fourth-order valence-electron chi connectivity index (χ4n) is 9.45. The maximum atomic E-state index is 13.7. The Kier molecular flexibility index (Phi) is 7.67. The highest BCUT2D eigenvalue weighted by atomic mass is 35.5. The monoisotopic (exact) mass is 625 g/mol. The van der Waals surface area contributed by atoms with Crippen LogP contribution in [0.3, 0.4) is 0 Å². The Balaban J connectivity index is 0.973. The van der Waals surface area contributed by atoms with Crippen LogP contribution in [0.4, 0.5) is 0 Å². The highest BCUT2D eigenvalue weighted by Crippen LogP contribution is 2.59. The summed E-state index contributed by atoms with van der Waals surface area (Å²) in [5, 5.41) is 13.1. The van der Waals surface area contributed by atoms with Gasteiger partial charge >= 0.3 is 0 Å². The lowest BCUT2D eigenvalue weighted by molar-refractivity contribution is -0.199. The third-order valence-corrected chi connectivity index (χ3v) is 12.0. The molecule has 1 spiro atoms. The molecule has 0 bridgehead atoms. The maximum absolute atomic E-state index is 13.7. The van der Waals surface area contributed by atoms with E-state index in [1.165, 1.54) is 51.9 Å². The number of nitriles is 1. The van der Waals surface area contributed by atoms with Crippen molar-refractivity contribution < 1.29 is 9.53 Å². The number of carbonyl (C=O) groups is 1. The van der Waals surface area contributed by atoms with Crippen molar-refractivity contribution in [2.75, 3.05) is 26.2 Å². The number of hydrogen-bond donors (Lipinski definition) is 1. The van der Waals surface area contributed by atoms with Crippen LogP contribution in [0, 0.1) is 45.3 Å². The fraction of sp³-hybridized carbons (Fsp3) is 0.595. The van der Waals surface area contributed by atoms with Gasteiger partial charge in [-0.2, -0.15) is 5.26 Å². The molecule has 2 saturated carbocycles. The lowest BCUT2D eigenvalue weighted by atomic mass is 9.49. The van der Waals surface area contributed by atoms with Crippen LogP contribution in [0.15, 0.2) is 30.3 Å². The largest absolute Gasteiger partial charge is 0.489 e. The van der Waals surface area contributed by atoms with Gasteiger partial charge in [0.1, 0.15) is 23.6 Å². The predicted molar refractivity (Wildman–Crippen MR) is 175 cm³/mol. The van der Waals surface area contributed by atoms with Crippen molar-refractivity contribution >= 4 is 17.5 Å². The molecule has 3 aliphatic heterocycles. The molecule has 45 heavy (non-hydrogen) atoms. The topological polar surface area (TPSA) is 81.5 Å². The minimum absolute atomic E-state index is 0.0264. The second-order valence-electron chi connectivity index (χ2n) is 15.3. The summed E-state index contributed by atoms with van der Waals surface area (Å²) < 4.78 is 6.46. The molecule has 0 atom stereocenters. The number of ether oxygens (including phenoxy) is 1. The number of benzene rings is 1. The van der Waals surface area contributed by atoms with E-state index < -0.39 is 0 Å². The van der Waals surface area contributed by atoms with Gasteiger partial charge < -0.3 is 19.9 Å². The Labute approximate surface area is 272 Å². The average molecular weight is 626 g/mol. The van der Waals surface area contributed by atoms with Gasteiger partial charge in [0.2, 0.25) is 0 Å². The summed E-state index contributed by atoms with van der Waals surface area (Å²) in [7, 11) is 0. The smallest absolute Gasteiger partial charge is 0.256 e. The van der Waals surface area contributed by atoms with Gasteiger partial charge in [-0.25, -0.2) is 4.98 Å². The van der Waals surface area contributed by atoms with E-state index in [-0.39, 0.29) is 28.9 Å². The molecule has 2 saturated heterocycles. The van der Waals surface area contributed by atoms with Crippen LogP contribution in [0.2, 0.25) is 5.02 Å². The van der Waals surface area contributed by atoms with Crippen molar-refractivity contribution in [2.45, 2.75) is 91.0 Å². The third-order valence-electron chi connectivity index (χ3n) is 11.6. The number of aromatic nitrogens is 1.